The molecule has 0 aliphatic heterocycles. The maximum absolute atomic E-state index is 13.2. The Balaban J connectivity index is 3.40. The standard InChI is InChI=1S/C9H9F2S/c1-5-3-8(10)6(2)9(11)7(5)4-12/h3,12H,1,4H2,2H3. The van der Waals surface area contributed by atoms with Crippen LogP contribution in [0.1, 0.15) is 16.7 Å². The Bertz CT molecular complexity index is 308. The van der Waals surface area contributed by atoms with Crippen molar-refractivity contribution in [3.8, 4) is 0 Å². The molecule has 0 N–H and O–H groups in total. The van der Waals surface area contributed by atoms with Crippen molar-refractivity contribution < 1.29 is 8.78 Å². The molecule has 0 aromatic heterocycles. The van der Waals surface area contributed by atoms with Gasteiger partial charge in [0, 0.05) is 16.9 Å². The Labute approximate surface area is 76.0 Å². The van der Waals surface area contributed by atoms with Crippen LogP contribution in [-0.4, -0.2) is 0 Å². The molecule has 0 aliphatic carbocycles. The molecule has 0 unspecified atom stereocenters. The van der Waals surface area contributed by atoms with E-state index in [9.17, 15) is 8.78 Å². The van der Waals surface area contributed by atoms with E-state index in [1.165, 1.54) is 13.0 Å². The van der Waals surface area contributed by atoms with E-state index in [0.29, 0.717) is 11.1 Å². The summed E-state index contributed by atoms with van der Waals surface area (Å²) in [6.45, 7) is 4.93. The number of halogens is 2. The Morgan fingerprint density at radius 2 is 2.08 bits per heavy atom. The number of rotatable bonds is 1. The van der Waals surface area contributed by atoms with Gasteiger partial charge in [0.05, 0.1) is 0 Å². The highest BCUT2D eigenvalue weighted by Crippen LogP contribution is 2.21. The van der Waals surface area contributed by atoms with Crippen LogP contribution >= 0.6 is 12.6 Å². The van der Waals surface area contributed by atoms with E-state index in [0.717, 1.165) is 0 Å². The van der Waals surface area contributed by atoms with Crippen molar-refractivity contribution >= 4 is 12.6 Å². The van der Waals surface area contributed by atoms with Gasteiger partial charge in [-0.2, -0.15) is 12.6 Å². The first kappa shape index (κ1) is 9.52. The molecule has 0 nitrogen and oxygen atoms in total. The quantitative estimate of drug-likeness (QED) is 0.642. The summed E-state index contributed by atoms with van der Waals surface area (Å²) in [5.41, 5.74) is 0.772. The van der Waals surface area contributed by atoms with Crippen LogP contribution in [0.5, 0.6) is 0 Å². The molecular formula is C9H9F2S. The monoisotopic (exact) mass is 187 g/mol. The van der Waals surface area contributed by atoms with Crippen molar-refractivity contribution in [2.45, 2.75) is 12.7 Å². The molecule has 0 amide bonds. The first-order valence-electron chi connectivity index (χ1n) is 3.48. The molecule has 0 saturated carbocycles. The van der Waals surface area contributed by atoms with Crippen molar-refractivity contribution in [1.82, 2.24) is 0 Å². The molecule has 0 fully saturated rings. The summed E-state index contributed by atoms with van der Waals surface area (Å²) in [5, 5.41) is 0. The minimum Gasteiger partial charge on any atom is -0.207 e. The van der Waals surface area contributed by atoms with Gasteiger partial charge in [0.2, 0.25) is 0 Å². The third-order valence-corrected chi connectivity index (χ3v) is 2.12. The molecule has 0 bridgehead atoms. The molecule has 1 rings (SSSR count). The van der Waals surface area contributed by atoms with E-state index >= 15 is 0 Å². The fraction of sp³-hybridized carbons (Fsp3) is 0.222. The molecule has 0 aliphatic rings. The zero-order valence-corrected chi connectivity index (χ0v) is 7.59. The lowest BCUT2D eigenvalue weighted by Crippen LogP contribution is -1.98. The van der Waals surface area contributed by atoms with Gasteiger partial charge in [0.25, 0.3) is 0 Å². The van der Waals surface area contributed by atoms with Gasteiger partial charge >= 0.3 is 0 Å². The second-order valence-electron chi connectivity index (χ2n) is 2.59. The Morgan fingerprint density at radius 1 is 1.50 bits per heavy atom. The van der Waals surface area contributed by atoms with Crippen LogP contribution in [0.2, 0.25) is 0 Å². The molecule has 3 heteroatoms. The minimum absolute atomic E-state index is 0.0338. The predicted octanol–water partition coefficient (Wildman–Crippen LogP) is 2.89. The summed E-state index contributed by atoms with van der Waals surface area (Å²) in [6, 6.07) is 1.23. The predicted molar refractivity (Wildman–Crippen MR) is 48.2 cm³/mol. The normalized spacial score (nSPS) is 10.4. The van der Waals surface area contributed by atoms with Crippen LogP contribution in [0.15, 0.2) is 6.07 Å². The van der Waals surface area contributed by atoms with Crippen molar-refractivity contribution in [3.05, 3.63) is 41.3 Å². The minimum atomic E-state index is -0.553. The van der Waals surface area contributed by atoms with Crippen LogP contribution in [-0.2, 0) is 5.75 Å². The Morgan fingerprint density at radius 3 is 2.58 bits per heavy atom. The van der Waals surface area contributed by atoms with Crippen LogP contribution in [0.4, 0.5) is 8.78 Å². The second-order valence-corrected chi connectivity index (χ2v) is 2.91. The molecule has 0 spiro atoms. The molecule has 65 valence electrons. The lowest BCUT2D eigenvalue weighted by molar-refractivity contribution is 0.560. The summed E-state index contributed by atoms with van der Waals surface area (Å²) < 4.78 is 26.0. The van der Waals surface area contributed by atoms with Gasteiger partial charge in [-0.1, -0.05) is 0 Å². The van der Waals surface area contributed by atoms with E-state index in [1.807, 2.05) is 0 Å². The number of hydrogen-bond donors (Lipinski definition) is 1. The van der Waals surface area contributed by atoms with Crippen molar-refractivity contribution in [1.29, 1.82) is 0 Å². The van der Waals surface area contributed by atoms with Crippen LogP contribution < -0.4 is 0 Å². The van der Waals surface area contributed by atoms with Gasteiger partial charge in [-0.05, 0) is 25.5 Å². The zero-order chi connectivity index (χ0) is 9.30. The molecule has 0 atom stereocenters. The second kappa shape index (κ2) is 3.44. The maximum Gasteiger partial charge on any atom is 0.133 e. The first-order chi connectivity index (χ1) is 5.57. The molecule has 1 aromatic rings. The Kier molecular flexibility index (Phi) is 2.73. The van der Waals surface area contributed by atoms with Crippen LogP contribution in [0, 0.1) is 25.5 Å². The fourth-order valence-electron chi connectivity index (χ4n) is 0.991. The SMILES string of the molecule is [CH2]c1cc(F)c(C)c(F)c1CS. The van der Waals surface area contributed by atoms with Gasteiger partial charge in [0.15, 0.2) is 0 Å². The summed E-state index contributed by atoms with van der Waals surface area (Å²) in [6.07, 6.45) is 0. The van der Waals surface area contributed by atoms with Gasteiger partial charge < -0.3 is 0 Å². The zero-order valence-electron chi connectivity index (χ0n) is 6.69. The summed E-state index contributed by atoms with van der Waals surface area (Å²) in [7, 11) is 0. The lowest BCUT2D eigenvalue weighted by Gasteiger charge is -2.07. The highest BCUT2D eigenvalue weighted by molar-refractivity contribution is 7.79. The van der Waals surface area contributed by atoms with Gasteiger partial charge in [-0.3, -0.25) is 0 Å². The van der Waals surface area contributed by atoms with Gasteiger partial charge in [0.1, 0.15) is 11.6 Å². The third-order valence-electron chi connectivity index (χ3n) is 1.80. The van der Waals surface area contributed by atoms with E-state index in [4.69, 9.17) is 0 Å². The fourth-order valence-corrected chi connectivity index (χ4v) is 1.33. The van der Waals surface area contributed by atoms with Crippen molar-refractivity contribution in [3.63, 3.8) is 0 Å². The maximum atomic E-state index is 13.2. The molecular weight excluding hydrogens is 178 g/mol. The molecule has 0 saturated heterocycles. The van der Waals surface area contributed by atoms with Crippen LogP contribution in [0.25, 0.3) is 0 Å². The van der Waals surface area contributed by atoms with Crippen molar-refractivity contribution in [2.75, 3.05) is 0 Å². The van der Waals surface area contributed by atoms with E-state index in [2.05, 4.69) is 19.6 Å². The summed E-state index contributed by atoms with van der Waals surface area (Å²) >= 11 is 3.93. The van der Waals surface area contributed by atoms with E-state index in [1.54, 1.807) is 0 Å². The van der Waals surface area contributed by atoms with Crippen LogP contribution in [0.3, 0.4) is 0 Å². The summed E-state index contributed by atoms with van der Waals surface area (Å²) in [5.74, 6) is -0.843. The van der Waals surface area contributed by atoms with Gasteiger partial charge in [-0.15, -0.1) is 0 Å². The third kappa shape index (κ3) is 1.46. The molecule has 0 heterocycles. The molecule has 1 aromatic carbocycles. The lowest BCUT2D eigenvalue weighted by atomic mass is 10.1. The van der Waals surface area contributed by atoms with E-state index in [-0.39, 0.29) is 11.3 Å². The highest BCUT2D eigenvalue weighted by atomic mass is 32.1. The average molecular weight is 187 g/mol. The first-order valence-corrected chi connectivity index (χ1v) is 4.11. The number of benzene rings is 1. The van der Waals surface area contributed by atoms with E-state index < -0.39 is 11.6 Å². The topological polar surface area (TPSA) is 0 Å². The largest absolute Gasteiger partial charge is 0.207 e. The van der Waals surface area contributed by atoms with Crippen molar-refractivity contribution in [2.24, 2.45) is 0 Å². The summed E-state index contributed by atoms with van der Waals surface area (Å²) in [4.78, 5) is 0. The smallest absolute Gasteiger partial charge is 0.133 e. The Hall–Kier alpha value is -0.570. The molecule has 1 radical (unpaired) electrons. The average Bonchev–Trinajstić information content (AvgIpc) is 2.01. The number of hydrogen-bond acceptors (Lipinski definition) is 1. The highest BCUT2D eigenvalue weighted by Gasteiger charge is 2.11. The number of thiol groups is 1. The van der Waals surface area contributed by atoms with Gasteiger partial charge in [-0.25, -0.2) is 8.78 Å². The molecule has 12 heavy (non-hydrogen) atoms.